The van der Waals surface area contributed by atoms with Crippen molar-refractivity contribution in [3.63, 3.8) is 0 Å². The second-order valence-electron chi connectivity index (χ2n) is 5.17. The maximum Gasteiger partial charge on any atom is 0.123 e. The van der Waals surface area contributed by atoms with E-state index in [1.165, 1.54) is 24.9 Å². The lowest BCUT2D eigenvalue weighted by molar-refractivity contribution is 0.209. The average molecular weight is 250 g/mol. The Kier molecular flexibility index (Phi) is 5.14. The van der Waals surface area contributed by atoms with E-state index >= 15 is 0 Å². The minimum atomic E-state index is -0.154. The maximum atomic E-state index is 12.9. The van der Waals surface area contributed by atoms with Gasteiger partial charge in [0.2, 0.25) is 0 Å². The molecule has 2 nitrogen and oxygen atoms in total. The van der Waals surface area contributed by atoms with Crippen molar-refractivity contribution in [2.24, 2.45) is 5.92 Å². The normalized spacial score (nSPS) is 20.3. The molecule has 0 amide bonds. The topological polar surface area (TPSA) is 15.3 Å². The van der Waals surface area contributed by atoms with Crippen LogP contribution in [0.25, 0.3) is 0 Å². The quantitative estimate of drug-likeness (QED) is 0.864. The van der Waals surface area contributed by atoms with E-state index < -0.39 is 0 Å². The Balaban J connectivity index is 1.86. The summed E-state index contributed by atoms with van der Waals surface area (Å²) in [5.74, 6) is 0.609. The van der Waals surface area contributed by atoms with Crippen LogP contribution in [0.4, 0.5) is 4.39 Å². The second-order valence-corrected chi connectivity index (χ2v) is 5.17. The number of benzene rings is 1. The molecule has 2 rings (SSSR count). The van der Waals surface area contributed by atoms with Gasteiger partial charge in [-0.05, 0) is 56.1 Å². The van der Waals surface area contributed by atoms with Crippen LogP contribution in [0.3, 0.4) is 0 Å². The molecule has 1 unspecified atom stereocenters. The molecule has 0 spiro atoms. The largest absolute Gasteiger partial charge is 0.316 e. The Bertz CT molecular complexity index is 344. The van der Waals surface area contributed by atoms with Crippen LogP contribution in [0.5, 0.6) is 0 Å². The molecule has 1 aliphatic heterocycles. The number of rotatable bonds is 5. The van der Waals surface area contributed by atoms with E-state index in [4.69, 9.17) is 0 Å². The lowest BCUT2D eigenvalue weighted by atomic mass is 9.99. The van der Waals surface area contributed by atoms with E-state index in [1.54, 1.807) is 12.1 Å². The first-order valence-corrected chi connectivity index (χ1v) is 6.95. The van der Waals surface area contributed by atoms with Gasteiger partial charge in [0, 0.05) is 13.1 Å². The van der Waals surface area contributed by atoms with Crippen LogP contribution in [0.2, 0.25) is 0 Å². The lowest BCUT2D eigenvalue weighted by Crippen LogP contribution is -2.38. The summed E-state index contributed by atoms with van der Waals surface area (Å²) in [7, 11) is 0. The minimum absolute atomic E-state index is 0.154. The molecule has 1 aromatic carbocycles. The molecule has 0 aromatic heterocycles. The Morgan fingerprint density at radius 3 is 2.72 bits per heavy atom. The zero-order chi connectivity index (χ0) is 12.8. The maximum absolute atomic E-state index is 12.9. The van der Waals surface area contributed by atoms with Crippen LogP contribution in [0.15, 0.2) is 24.3 Å². The Morgan fingerprint density at radius 1 is 1.33 bits per heavy atom. The first-order valence-electron chi connectivity index (χ1n) is 6.95. The molecule has 100 valence electrons. The number of piperidine rings is 1. The molecule has 1 saturated heterocycles. The molecule has 0 bridgehead atoms. The highest BCUT2D eigenvalue weighted by molar-refractivity contribution is 5.15. The third-order valence-electron chi connectivity index (χ3n) is 3.68. The van der Waals surface area contributed by atoms with Crippen molar-refractivity contribution in [2.45, 2.75) is 26.3 Å². The standard InChI is InChI=1S/C15H23FN2/c1-2-18(12-14-4-3-9-17-10-14)11-13-5-7-15(16)8-6-13/h5-8,14,17H,2-4,9-12H2,1H3. The number of hydrogen-bond donors (Lipinski definition) is 1. The van der Waals surface area contributed by atoms with Gasteiger partial charge >= 0.3 is 0 Å². The highest BCUT2D eigenvalue weighted by Crippen LogP contribution is 2.14. The van der Waals surface area contributed by atoms with Gasteiger partial charge in [-0.2, -0.15) is 0 Å². The minimum Gasteiger partial charge on any atom is -0.316 e. The number of nitrogens with one attached hydrogen (secondary N) is 1. The molecule has 0 radical (unpaired) electrons. The highest BCUT2D eigenvalue weighted by atomic mass is 19.1. The molecule has 0 saturated carbocycles. The molecule has 3 heteroatoms. The summed E-state index contributed by atoms with van der Waals surface area (Å²) in [6.45, 7) is 7.61. The summed E-state index contributed by atoms with van der Waals surface area (Å²) in [6.07, 6.45) is 2.62. The van der Waals surface area contributed by atoms with Crippen LogP contribution < -0.4 is 5.32 Å². The second kappa shape index (κ2) is 6.86. The van der Waals surface area contributed by atoms with Gasteiger partial charge < -0.3 is 5.32 Å². The zero-order valence-electron chi connectivity index (χ0n) is 11.2. The van der Waals surface area contributed by atoms with Crippen molar-refractivity contribution >= 4 is 0 Å². The average Bonchev–Trinajstić information content (AvgIpc) is 2.41. The van der Waals surface area contributed by atoms with Crippen molar-refractivity contribution in [2.75, 3.05) is 26.2 Å². The van der Waals surface area contributed by atoms with Gasteiger partial charge in [-0.25, -0.2) is 4.39 Å². The predicted molar refractivity (Wildman–Crippen MR) is 72.9 cm³/mol. The van der Waals surface area contributed by atoms with Gasteiger partial charge in [-0.15, -0.1) is 0 Å². The van der Waals surface area contributed by atoms with E-state index in [9.17, 15) is 4.39 Å². The Morgan fingerprint density at radius 2 is 2.11 bits per heavy atom. The fraction of sp³-hybridized carbons (Fsp3) is 0.600. The zero-order valence-corrected chi connectivity index (χ0v) is 11.2. The summed E-state index contributed by atoms with van der Waals surface area (Å²) in [5, 5.41) is 3.46. The summed E-state index contributed by atoms with van der Waals surface area (Å²) < 4.78 is 12.9. The first-order chi connectivity index (χ1) is 8.78. The van der Waals surface area contributed by atoms with Crippen molar-refractivity contribution < 1.29 is 4.39 Å². The molecule has 1 atom stereocenters. The van der Waals surface area contributed by atoms with Gasteiger partial charge in [-0.1, -0.05) is 19.1 Å². The van der Waals surface area contributed by atoms with Crippen LogP contribution in [-0.4, -0.2) is 31.1 Å². The van der Waals surface area contributed by atoms with E-state index in [0.717, 1.165) is 32.1 Å². The SMILES string of the molecule is CCN(Cc1ccc(F)cc1)CC1CCCNC1. The molecular formula is C15H23FN2. The van der Waals surface area contributed by atoms with E-state index in [2.05, 4.69) is 17.1 Å². The predicted octanol–water partition coefficient (Wildman–Crippen LogP) is 2.65. The summed E-state index contributed by atoms with van der Waals surface area (Å²) >= 11 is 0. The fourth-order valence-electron chi connectivity index (χ4n) is 2.60. The number of halogens is 1. The molecule has 1 aromatic rings. The monoisotopic (exact) mass is 250 g/mol. The lowest BCUT2D eigenvalue weighted by Gasteiger charge is -2.29. The van der Waals surface area contributed by atoms with Crippen LogP contribution in [-0.2, 0) is 6.54 Å². The van der Waals surface area contributed by atoms with Crippen LogP contribution in [0, 0.1) is 11.7 Å². The van der Waals surface area contributed by atoms with E-state index in [1.807, 2.05) is 12.1 Å². The van der Waals surface area contributed by atoms with Gasteiger partial charge in [0.25, 0.3) is 0 Å². The summed E-state index contributed by atoms with van der Waals surface area (Å²) in [6, 6.07) is 6.87. The van der Waals surface area contributed by atoms with Crippen LogP contribution >= 0.6 is 0 Å². The van der Waals surface area contributed by atoms with E-state index in [-0.39, 0.29) is 5.82 Å². The summed E-state index contributed by atoms with van der Waals surface area (Å²) in [4.78, 5) is 2.45. The smallest absolute Gasteiger partial charge is 0.123 e. The molecule has 1 N–H and O–H groups in total. The van der Waals surface area contributed by atoms with E-state index in [0.29, 0.717) is 0 Å². The number of hydrogen-bond acceptors (Lipinski definition) is 2. The molecule has 18 heavy (non-hydrogen) atoms. The molecular weight excluding hydrogens is 227 g/mol. The van der Waals surface area contributed by atoms with Crippen molar-refractivity contribution in [3.8, 4) is 0 Å². The highest BCUT2D eigenvalue weighted by Gasteiger charge is 2.16. The third-order valence-corrected chi connectivity index (χ3v) is 3.68. The Labute approximate surface area is 109 Å². The molecule has 1 aliphatic rings. The third kappa shape index (κ3) is 4.07. The van der Waals surface area contributed by atoms with Gasteiger partial charge in [0.05, 0.1) is 0 Å². The first kappa shape index (κ1) is 13.5. The molecule has 1 heterocycles. The molecule has 0 aliphatic carbocycles. The number of nitrogens with zero attached hydrogens (tertiary/aromatic N) is 1. The van der Waals surface area contributed by atoms with Crippen LogP contribution in [0.1, 0.15) is 25.3 Å². The van der Waals surface area contributed by atoms with Crippen molar-refractivity contribution in [3.05, 3.63) is 35.6 Å². The summed E-state index contributed by atoms with van der Waals surface area (Å²) in [5.41, 5.74) is 1.20. The van der Waals surface area contributed by atoms with Crippen molar-refractivity contribution in [1.82, 2.24) is 10.2 Å². The van der Waals surface area contributed by atoms with Crippen molar-refractivity contribution in [1.29, 1.82) is 0 Å². The Hall–Kier alpha value is -0.930. The molecule has 1 fully saturated rings. The van der Waals surface area contributed by atoms with Gasteiger partial charge in [0.1, 0.15) is 5.82 Å². The van der Waals surface area contributed by atoms with Gasteiger partial charge in [0.15, 0.2) is 0 Å². The fourth-order valence-corrected chi connectivity index (χ4v) is 2.60. The van der Waals surface area contributed by atoms with Gasteiger partial charge in [-0.3, -0.25) is 4.90 Å².